The van der Waals surface area contributed by atoms with Gasteiger partial charge in [-0.3, -0.25) is 9.00 Å². The zero-order valence-corrected chi connectivity index (χ0v) is 13.8. The molecule has 1 saturated heterocycles. The molecule has 2 heterocycles. The van der Waals surface area contributed by atoms with E-state index >= 15 is 0 Å². The fourth-order valence-corrected chi connectivity index (χ4v) is 4.45. The summed E-state index contributed by atoms with van der Waals surface area (Å²) in [5, 5.41) is 0.114. The molecule has 2 atom stereocenters. The van der Waals surface area contributed by atoms with Crippen molar-refractivity contribution in [3.05, 3.63) is 30.6 Å². The molecule has 1 aromatic heterocycles. The van der Waals surface area contributed by atoms with Crippen LogP contribution in [0.2, 0.25) is 0 Å². The SMILES string of the molecule is CC1CN(C(=O)CCn2cnc3ccccc32)CC(C)S1=O. The Morgan fingerprint density at radius 1 is 1.27 bits per heavy atom. The largest absolute Gasteiger partial charge is 0.340 e. The van der Waals surface area contributed by atoms with Gasteiger partial charge in [-0.05, 0) is 26.0 Å². The molecular formula is C16H21N3O2S. The summed E-state index contributed by atoms with van der Waals surface area (Å²) in [5.74, 6) is 0.133. The molecule has 5 nitrogen and oxygen atoms in total. The van der Waals surface area contributed by atoms with Crippen molar-refractivity contribution < 1.29 is 9.00 Å². The van der Waals surface area contributed by atoms with E-state index < -0.39 is 10.8 Å². The van der Waals surface area contributed by atoms with Crippen molar-refractivity contribution in [2.75, 3.05) is 13.1 Å². The van der Waals surface area contributed by atoms with E-state index in [4.69, 9.17) is 0 Å². The third-order valence-electron chi connectivity index (χ3n) is 4.19. The lowest BCUT2D eigenvalue weighted by Gasteiger charge is -2.34. The Bertz CT molecular complexity index is 698. The molecule has 1 fully saturated rings. The number of aryl methyl sites for hydroxylation is 1. The van der Waals surface area contributed by atoms with Crippen LogP contribution in [0.4, 0.5) is 0 Å². The van der Waals surface area contributed by atoms with Crippen LogP contribution in [0, 0.1) is 0 Å². The highest BCUT2D eigenvalue weighted by molar-refractivity contribution is 7.86. The third-order valence-corrected chi connectivity index (χ3v) is 6.08. The van der Waals surface area contributed by atoms with Gasteiger partial charge in [0.15, 0.2) is 0 Å². The van der Waals surface area contributed by atoms with Gasteiger partial charge in [0.2, 0.25) is 5.91 Å². The molecule has 1 amide bonds. The first-order chi connectivity index (χ1) is 10.6. The van der Waals surface area contributed by atoms with Gasteiger partial charge in [-0.25, -0.2) is 4.98 Å². The van der Waals surface area contributed by atoms with Crippen LogP contribution in [0.25, 0.3) is 11.0 Å². The van der Waals surface area contributed by atoms with Gasteiger partial charge in [-0.15, -0.1) is 0 Å². The normalized spacial score (nSPS) is 25.5. The van der Waals surface area contributed by atoms with Crippen LogP contribution in [0.15, 0.2) is 30.6 Å². The molecule has 1 aliphatic rings. The summed E-state index contributed by atoms with van der Waals surface area (Å²) < 4.78 is 14.0. The Balaban J connectivity index is 1.64. The topological polar surface area (TPSA) is 55.2 Å². The first-order valence-electron chi connectivity index (χ1n) is 7.63. The molecule has 0 saturated carbocycles. The van der Waals surface area contributed by atoms with E-state index in [2.05, 4.69) is 4.98 Å². The summed E-state index contributed by atoms with van der Waals surface area (Å²) in [5.41, 5.74) is 2.00. The smallest absolute Gasteiger partial charge is 0.224 e. The van der Waals surface area contributed by atoms with E-state index in [1.807, 2.05) is 47.6 Å². The lowest BCUT2D eigenvalue weighted by molar-refractivity contribution is -0.131. The van der Waals surface area contributed by atoms with Crippen LogP contribution in [0.1, 0.15) is 20.3 Å². The first-order valence-corrected chi connectivity index (χ1v) is 8.91. The molecule has 0 N–H and O–H groups in total. The van der Waals surface area contributed by atoms with Gasteiger partial charge >= 0.3 is 0 Å². The molecule has 0 spiro atoms. The van der Waals surface area contributed by atoms with Gasteiger partial charge < -0.3 is 9.47 Å². The fourth-order valence-electron chi connectivity index (χ4n) is 3.01. The lowest BCUT2D eigenvalue weighted by atomic mass is 10.2. The van der Waals surface area contributed by atoms with E-state index in [9.17, 15) is 9.00 Å². The highest BCUT2D eigenvalue weighted by Crippen LogP contribution is 2.17. The molecular weight excluding hydrogens is 298 g/mol. The molecule has 118 valence electrons. The van der Waals surface area contributed by atoms with Gasteiger partial charge in [-0.2, -0.15) is 0 Å². The predicted molar refractivity (Wildman–Crippen MR) is 88.0 cm³/mol. The number of rotatable bonds is 3. The number of carbonyl (C=O) groups excluding carboxylic acids is 1. The predicted octanol–water partition coefficient (Wildman–Crippen LogP) is 1.79. The van der Waals surface area contributed by atoms with Crippen molar-refractivity contribution in [2.24, 2.45) is 0 Å². The molecule has 2 aromatic rings. The average Bonchev–Trinajstić information content (AvgIpc) is 2.93. The van der Waals surface area contributed by atoms with Crippen molar-refractivity contribution in [3.8, 4) is 0 Å². The van der Waals surface area contributed by atoms with Gasteiger partial charge in [0.25, 0.3) is 0 Å². The molecule has 6 heteroatoms. The molecule has 3 rings (SSSR count). The molecule has 0 bridgehead atoms. The Hall–Kier alpha value is -1.69. The number of para-hydroxylation sites is 2. The van der Waals surface area contributed by atoms with Gasteiger partial charge in [0.1, 0.15) is 0 Å². The van der Waals surface area contributed by atoms with Crippen molar-refractivity contribution in [3.63, 3.8) is 0 Å². The van der Waals surface area contributed by atoms with Crippen molar-refractivity contribution in [2.45, 2.75) is 37.3 Å². The highest BCUT2D eigenvalue weighted by atomic mass is 32.2. The second-order valence-corrected chi connectivity index (χ2v) is 8.19. The van der Waals surface area contributed by atoms with Crippen molar-refractivity contribution in [1.82, 2.24) is 14.5 Å². The number of benzene rings is 1. The third kappa shape index (κ3) is 2.92. The van der Waals surface area contributed by atoms with E-state index in [1.165, 1.54) is 0 Å². The van der Waals surface area contributed by atoms with E-state index in [-0.39, 0.29) is 16.4 Å². The van der Waals surface area contributed by atoms with Crippen LogP contribution in [-0.4, -0.2) is 48.2 Å². The Kier molecular flexibility index (Phi) is 4.29. The second-order valence-electron chi connectivity index (χ2n) is 5.93. The summed E-state index contributed by atoms with van der Waals surface area (Å²) in [6.07, 6.45) is 2.24. The number of aromatic nitrogens is 2. The van der Waals surface area contributed by atoms with Gasteiger partial charge in [0, 0.05) is 47.4 Å². The molecule has 1 aromatic carbocycles. The molecule has 2 unspecified atom stereocenters. The maximum atomic E-state index is 12.4. The molecule has 0 radical (unpaired) electrons. The number of nitrogens with zero attached hydrogens (tertiary/aromatic N) is 3. The van der Waals surface area contributed by atoms with Crippen LogP contribution in [0.3, 0.4) is 0 Å². The van der Waals surface area contributed by atoms with Gasteiger partial charge in [-0.1, -0.05) is 12.1 Å². The summed E-state index contributed by atoms with van der Waals surface area (Å²) in [4.78, 5) is 18.6. The van der Waals surface area contributed by atoms with Crippen LogP contribution in [-0.2, 0) is 22.1 Å². The summed E-state index contributed by atoms with van der Waals surface area (Å²) in [6, 6.07) is 7.92. The van der Waals surface area contributed by atoms with Crippen molar-refractivity contribution in [1.29, 1.82) is 0 Å². The number of hydrogen-bond donors (Lipinski definition) is 0. The zero-order valence-electron chi connectivity index (χ0n) is 12.9. The quantitative estimate of drug-likeness (QED) is 0.867. The number of imidazole rings is 1. The second kappa shape index (κ2) is 6.20. The maximum Gasteiger partial charge on any atom is 0.224 e. The number of carbonyl (C=O) groups is 1. The van der Waals surface area contributed by atoms with Crippen LogP contribution < -0.4 is 0 Å². The lowest BCUT2D eigenvalue weighted by Crippen LogP contribution is -2.49. The number of fused-ring (bicyclic) bond motifs is 1. The monoisotopic (exact) mass is 319 g/mol. The summed E-state index contributed by atoms with van der Waals surface area (Å²) in [7, 11) is -0.828. The minimum atomic E-state index is -0.828. The van der Waals surface area contributed by atoms with Gasteiger partial charge in [0.05, 0.1) is 17.4 Å². The Morgan fingerprint density at radius 2 is 1.95 bits per heavy atom. The molecule has 22 heavy (non-hydrogen) atoms. The van der Waals surface area contributed by atoms with E-state index in [0.717, 1.165) is 11.0 Å². The van der Waals surface area contributed by atoms with Crippen LogP contribution >= 0.6 is 0 Å². The minimum Gasteiger partial charge on any atom is -0.340 e. The van der Waals surface area contributed by atoms with E-state index in [1.54, 1.807) is 6.33 Å². The first kappa shape index (κ1) is 15.2. The number of hydrogen-bond acceptors (Lipinski definition) is 3. The standard InChI is InChI=1S/C16H21N3O2S/c1-12-9-19(10-13(2)22(12)21)16(20)7-8-18-11-17-14-5-3-4-6-15(14)18/h3-6,11-13H,7-10H2,1-2H3. The average molecular weight is 319 g/mol. The maximum absolute atomic E-state index is 12.4. The fraction of sp³-hybridized carbons (Fsp3) is 0.500. The zero-order chi connectivity index (χ0) is 15.7. The molecule has 0 aliphatic carbocycles. The van der Waals surface area contributed by atoms with Crippen molar-refractivity contribution >= 4 is 27.7 Å². The Labute approximate surface area is 132 Å². The highest BCUT2D eigenvalue weighted by Gasteiger charge is 2.30. The summed E-state index contributed by atoms with van der Waals surface area (Å²) >= 11 is 0. The number of amides is 1. The molecule has 1 aliphatic heterocycles. The summed E-state index contributed by atoms with van der Waals surface area (Å²) in [6.45, 7) is 5.73. The minimum absolute atomic E-state index is 0.0572. The van der Waals surface area contributed by atoms with Crippen LogP contribution in [0.5, 0.6) is 0 Å². The van der Waals surface area contributed by atoms with E-state index in [0.29, 0.717) is 26.1 Å². The Morgan fingerprint density at radius 3 is 2.68 bits per heavy atom.